The number of anilines is 1. The molecule has 0 unspecified atom stereocenters. The smallest absolute Gasteiger partial charge is 0.252 e. The number of halogens is 2. The van der Waals surface area contributed by atoms with Gasteiger partial charge in [0.2, 0.25) is 5.95 Å². The van der Waals surface area contributed by atoms with Gasteiger partial charge in [-0.2, -0.15) is 0 Å². The molecule has 4 aromatic rings. The van der Waals surface area contributed by atoms with Crippen molar-refractivity contribution in [2.24, 2.45) is 0 Å². The van der Waals surface area contributed by atoms with Gasteiger partial charge in [-0.3, -0.25) is 4.79 Å². The molecule has 1 atom stereocenters. The van der Waals surface area contributed by atoms with Crippen molar-refractivity contribution in [1.29, 1.82) is 0 Å². The Balaban J connectivity index is 1.44. The van der Waals surface area contributed by atoms with Crippen molar-refractivity contribution in [1.82, 2.24) is 25.3 Å². The van der Waals surface area contributed by atoms with Gasteiger partial charge in [0, 0.05) is 37.2 Å². The summed E-state index contributed by atoms with van der Waals surface area (Å²) < 4.78 is 39.8. The summed E-state index contributed by atoms with van der Waals surface area (Å²) in [5.74, 6) is -0.711. The zero-order valence-corrected chi connectivity index (χ0v) is 20.3. The number of methoxy groups -OCH3 is 1. The largest absolute Gasteiger partial charge is 0.494 e. The number of hydrogen-bond acceptors (Lipinski definition) is 7. The number of carbonyl (C=O) groups is 1. The van der Waals surface area contributed by atoms with Crippen LogP contribution in [0.3, 0.4) is 0 Å². The van der Waals surface area contributed by atoms with Crippen LogP contribution < -0.4 is 15.4 Å². The summed E-state index contributed by atoms with van der Waals surface area (Å²) in [6.07, 6.45) is 4.66. The molecule has 2 aromatic heterocycles. The number of imidazole rings is 1. The molecule has 3 N–H and O–H groups in total. The van der Waals surface area contributed by atoms with Gasteiger partial charge in [0.15, 0.2) is 11.6 Å². The summed E-state index contributed by atoms with van der Waals surface area (Å²) in [4.78, 5) is 29.3. The summed E-state index contributed by atoms with van der Waals surface area (Å²) in [6.45, 7) is 3.07. The molecule has 0 radical (unpaired) electrons. The van der Waals surface area contributed by atoms with Gasteiger partial charge in [-0.25, -0.2) is 23.7 Å². The van der Waals surface area contributed by atoms with E-state index in [1.165, 1.54) is 31.5 Å². The van der Waals surface area contributed by atoms with E-state index in [9.17, 15) is 13.6 Å². The van der Waals surface area contributed by atoms with Crippen LogP contribution in [0.2, 0.25) is 0 Å². The van der Waals surface area contributed by atoms with Crippen molar-refractivity contribution in [3.8, 4) is 5.75 Å². The highest BCUT2D eigenvalue weighted by Gasteiger charge is 2.23. The first kappa shape index (κ1) is 24.6. The molecule has 0 saturated carbocycles. The number of nitrogens with zero attached hydrogens (tertiary/aromatic N) is 3. The third-order valence-corrected chi connectivity index (χ3v) is 6.27. The Morgan fingerprint density at radius 3 is 2.68 bits per heavy atom. The minimum absolute atomic E-state index is 0.0620. The first-order chi connectivity index (χ1) is 17.9. The summed E-state index contributed by atoms with van der Waals surface area (Å²) in [5.41, 5.74) is 1.27. The molecule has 0 spiro atoms. The highest BCUT2D eigenvalue weighted by molar-refractivity contribution is 5.98. The van der Waals surface area contributed by atoms with Crippen LogP contribution in [0.1, 0.15) is 46.3 Å². The quantitative estimate of drug-likeness (QED) is 0.345. The lowest BCUT2D eigenvalue weighted by molar-refractivity contribution is 0.0903. The van der Waals surface area contributed by atoms with E-state index in [1.807, 2.05) is 0 Å². The molecule has 9 nitrogen and oxygen atoms in total. The van der Waals surface area contributed by atoms with E-state index < -0.39 is 23.6 Å². The predicted octanol–water partition coefficient (Wildman–Crippen LogP) is 4.06. The number of amides is 1. The Labute approximate surface area is 211 Å². The van der Waals surface area contributed by atoms with Crippen LogP contribution in [0.25, 0.3) is 10.9 Å². The van der Waals surface area contributed by atoms with Gasteiger partial charge in [0.25, 0.3) is 5.91 Å². The van der Waals surface area contributed by atoms with E-state index in [1.54, 1.807) is 19.2 Å². The van der Waals surface area contributed by atoms with Crippen molar-refractivity contribution in [3.63, 3.8) is 0 Å². The number of rotatable bonds is 7. The average molecular weight is 509 g/mol. The summed E-state index contributed by atoms with van der Waals surface area (Å²) >= 11 is 0. The Hall–Kier alpha value is -4.12. The second kappa shape index (κ2) is 10.5. The fourth-order valence-corrected chi connectivity index (χ4v) is 4.31. The summed E-state index contributed by atoms with van der Waals surface area (Å²) in [6, 6.07) is 6.39. The molecule has 3 heterocycles. The van der Waals surface area contributed by atoms with Gasteiger partial charge in [-0.1, -0.05) is 6.07 Å². The normalized spacial score (nSPS) is 14.9. The maximum Gasteiger partial charge on any atom is 0.252 e. The molecule has 5 rings (SSSR count). The van der Waals surface area contributed by atoms with Crippen molar-refractivity contribution in [3.05, 3.63) is 77.0 Å². The maximum absolute atomic E-state index is 14.9. The van der Waals surface area contributed by atoms with Gasteiger partial charge in [0.05, 0.1) is 29.7 Å². The molecule has 37 heavy (non-hydrogen) atoms. The standard InChI is InChI=1S/C26H26F2N6O3/c1-14-29-13-22(31-14)24(15-3-4-23(36-2)20(28)9-15)34-25(35)16-10-19(27)18-12-30-26(33-21(18)11-16)32-17-5-7-37-8-6-17/h3-4,9-13,17,24H,5-8H2,1-2H3,(H,29,31)(H,34,35)(H,30,32,33)/t24-/m0/s1. The minimum Gasteiger partial charge on any atom is -0.494 e. The van der Waals surface area contributed by atoms with E-state index in [4.69, 9.17) is 9.47 Å². The second-order valence-electron chi connectivity index (χ2n) is 8.83. The maximum atomic E-state index is 14.9. The number of ether oxygens (including phenoxy) is 2. The molecule has 192 valence electrons. The van der Waals surface area contributed by atoms with Crippen LogP contribution in [0.15, 0.2) is 42.7 Å². The first-order valence-corrected chi connectivity index (χ1v) is 11.9. The van der Waals surface area contributed by atoms with Crippen molar-refractivity contribution in [2.45, 2.75) is 31.8 Å². The fraction of sp³-hybridized carbons (Fsp3) is 0.308. The van der Waals surface area contributed by atoms with Crippen LogP contribution in [-0.2, 0) is 4.74 Å². The Morgan fingerprint density at radius 2 is 1.97 bits per heavy atom. The molecule has 1 aliphatic heterocycles. The Bertz CT molecular complexity index is 1440. The molecule has 1 saturated heterocycles. The lowest BCUT2D eigenvalue weighted by Crippen LogP contribution is -2.30. The molecule has 1 aliphatic rings. The number of H-pyrrole nitrogens is 1. The number of fused-ring (bicyclic) bond motifs is 1. The van der Waals surface area contributed by atoms with Gasteiger partial charge in [-0.05, 0) is 49.6 Å². The number of hydrogen-bond donors (Lipinski definition) is 3. The number of benzene rings is 2. The van der Waals surface area contributed by atoms with Crippen LogP contribution in [0, 0.1) is 18.6 Å². The van der Waals surface area contributed by atoms with E-state index >= 15 is 0 Å². The van der Waals surface area contributed by atoms with Crippen molar-refractivity contribution in [2.75, 3.05) is 25.6 Å². The highest BCUT2D eigenvalue weighted by atomic mass is 19.1. The zero-order valence-electron chi connectivity index (χ0n) is 20.3. The van der Waals surface area contributed by atoms with Crippen molar-refractivity contribution >= 4 is 22.8 Å². The number of aromatic nitrogens is 4. The van der Waals surface area contributed by atoms with E-state index in [-0.39, 0.29) is 28.3 Å². The van der Waals surface area contributed by atoms with Crippen molar-refractivity contribution < 1.29 is 23.0 Å². The number of aryl methyl sites for hydroxylation is 1. The Morgan fingerprint density at radius 1 is 1.16 bits per heavy atom. The predicted molar refractivity (Wildman–Crippen MR) is 133 cm³/mol. The van der Waals surface area contributed by atoms with E-state index in [0.29, 0.717) is 36.2 Å². The molecular formula is C26H26F2N6O3. The second-order valence-corrected chi connectivity index (χ2v) is 8.83. The SMILES string of the molecule is COc1ccc([C@H](NC(=O)c2cc(F)c3cnc(NC4CCOCC4)nc3c2)c2c[nH]c(C)n2)cc1F. The topological polar surface area (TPSA) is 114 Å². The monoisotopic (exact) mass is 508 g/mol. The van der Waals surface area contributed by atoms with Gasteiger partial charge in [0.1, 0.15) is 11.6 Å². The third-order valence-electron chi connectivity index (χ3n) is 6.27. The van der Waals surface area contributed by atoms with Crippen LogP contribution >= 0.6 is 0 Å². The molecule has 0 bridgehead atoms. The van der Waals surface area contributed by atoms with Gasteiger partial charge >= 0.3 is 0 Å². The van der Waals surface area contributed by atoms with E-state index in [0.717, 1.165) is 18.9 Å². The lowest BCUT2D eigenvalue weighted by Gasteiger charge is -2.23. The van der Waals surface area contributed by atoms with Gasteiger partial charge < -0.3 is 25.1 Å². The molecule has 11 heteroatoms. The number of carbonyl (C=O) groups excluding carboxylic acids is 1. The molecule has 1 amide bonds. The first-order valence-electron chi connectivity index (χ1n) is 11.9. The lowest BCUT2D eigenvalue weighted by atomic mass is 10.0. The molecular weight excluding hydrogens is 482 g/mol. The highest BCUT2D eigenvalue weighted by Crippen LogP contribution is 2.27. The third kappa shape index (κ3) is 5.36. The van der Waals surface area contributed by atoms with Gasteiger partial charge in [-0.15, -0.1) is 0 Å². The fourth-order valence-electron chi connectivity index (χ4n) is 4.31. The van der Waals surface area contributed by atoms with Crippen LogP contribution in [0.4, 0.5) is 14.7 Å². The molecule has 0 aliphatic carbocycles. The van der Waals surface area contributed by atoms with Crippen LogP contribution in [0.5, 0.6) is 5.75 Å². The summed E-state index contributed by atoms with van der Waals surface area (Å²) in [5, 5.41) is 6.30. The minimum atomic E-state index is -0.798. The number of aromatic amines is 1. The molecule has 2 aromatic carbocycles. The number of nitrogens with one attached hydrogen (secondary N) is 3. The summed E-state index contributed by atoms with van der Waals surface area (Å²) in [7, 11) is 1.37. The Kier molecular flexibility index (Phi) is 6.95. The molecule has 1 fully saturated rings. The zero-order chi connectivity index (χ0) is 25.9. The van der Waals surface area contributed by atoms with Crippen LogP contribution in [-0.4, -0.2) is 52.2 Å². The average Bonchev–Trinajstić information content (AvgIpc) is 3.33. The van der Waals surface area contributed by atoms with E-state index in [2.05, 4.69) is 30.6 Å².